The lowest BCUT2D eigenvalue weighted by molar-refractivity contribution is -0.131. The van der Waals surface area contributed by atoms with Crippen molar-refractivity contribution in [2.45, 2.75) is 70.4 Å². The Labute approximate surface area is 155 Å². The molecule has 1 aliphatic heterocycles. The van der Waals surface area contributed by atoms with E-state index in [4.69, 9.17) is 4.74 Å². The van der Waals surface area contributed by atoms with E-state index in [0.717, 1.165) is 51.4 Å². The van der Waals surface area contributed by atoms with E-state index in [0.29, 0.717) is 25.7 Å². The van der Waals surface area contributed by atoms with Gasteiger partial charge in [-0.2, -0.15) is 0 Å². The van der Waals surface area contributed by atoms with Crippen molar-refractivity contribution in [2.75, 3.05) is 19.7 Å². The highest BCUT2D eigenvalue weighted by Crippen LogP contribution is 2.30. The minimum Gasteiger partial charge on any atom is -0.450 e. The van der Waals surface area contributed by atoms with Crippen LogP contribution in [0.15, 0.2) is 0 Å². The number of carbonyl (C=O) groups excluding carboxylic acids is 3. The highest BCUT2D eigenvalue weighted by atomic mass is 16.6. The van der Waals surface area contributed by atoms with Crippen molar-refractivity contribution in [3.63, 3.8) is 0 Å². The Morgan fingerprint density at radius 1 is 0.808 bits per heavy atom. The van der Waals surface area contributed by atoms with Gasteiger partial charge in [-0.25, -0.2) is 4.79 Å². The number of rotatable bonds is 5. The highest BCUT2D eigenvalue weighted by molar-refractivity contribution is 5.81. The van der Waals surface area contributed by atoms with E-state index in [2.05, 4.69) is 10.6 Å². The van der Waals surface area contributed by atoms with Gasteiger partial charge >= 0.3 is 6.09 Å². The Bertz CT molecular complexity index is 519. The number of nitrogens with zero attached hydrogens (tertiary/aromatic N) is 1. The van der Waals surface area contributed by atoms with Gasteiger partial charge < -0.3 is 20.3 Å². The van der Waals surface area contributed by atoms with Gasteiger partial charge in [0.1, 0.15) is 0 Å². The van der Waals surface area contributed by atoms with Crippen LogP contribution < -0.4 is 10.6 Å². The minimum atomic E-state index is -0.264. The second-order valence-electron chi connectivity index (χ2n) is 7.80. The largest absolute Gasteiger partial charge is 0.450 e. The Morgan fingerprint density at radius 3 is 1.69 bits per heavy atom. The first kappa shape index (κ1) is 19.0. The summed E-state index contributed by atoms with van der Waals surface area (Å²) in [5.41, 5.74) is 0. The molecule has 3 rings (SSSR count). The lowest BCUT2D eigenvalue weighted by Gasteiger charge is -2.33. The zero-order valence-corrected chi connectivity index (χ0v) is 15.7. The van der Waals surface area contributed by atoms with Crippen molar-refractivity contribution >= 4 is 17.9 Å². The molecular formula is C19H31N3O4. The number of piperidine rings is 1. The average Bonchev–Trinajstić information content (AvgIpc) is 3.46. The SMILES string of the molecule is CCOC(=O)N1CCC(NC(=O)C2CCC(C(=O)NC3CC3)CC2)CC1. The molecule has 26 heavy (non-hydrogen) atoms. The molecule has 0 spiro atoms. The molecule has 2 aliphatic carbocycles. The molecule has 146 valence electrons. The first-order valence-corrected chi connectivity index (χ1v) is 10.1. The quantitative estimate of drug-likeness (QED) is 0.778. The predicted octanol–water partition coefficient (Wildman–Crippen LogP) is 1.81. The Balaban J connectivity index is 1.35. The monoisotopic (exact) mass is 365 g/mol. The third kappa shape index (κ3) is 5.11. The van der Waals surface area contributed by atoms with E-state index in [9.17, 15) is 14.4 Å². The van der Waals surface area contributed by atoms with Gasteiger partial charge in [0.2, 0.25) is 11.8 Å². The van der Waals surface area contributed by atoms with Crippen molar-refractivity contribution in [3.8, 4) is 0 Å². The third-order valence-corrected chi connectivity index (χ3v) is 5.76. The summed E-state index contributed by atoms with van der Waals surface area (Å²) in [7, 11) is 0. The van der Waals surface area contributed by atoms with Crippen molar-refractivity contribution in [1.29, 1.82) is 0 Å². The summed E-state index contributed by atoms with van der Waals surface area (Å²) in [6, 6.07) is 0.535. The van der Waals surface area contributed by atoms with Gasteiger partial charge in [-0.05, 0) is 58.3 Å². The van der Waals surface area contributed by atoms with Crippen LogP contribution in [0.25, 0.3) is 0 Å². The average molecular weight is 365 g/mol. The van der Waals surface area contributed by atoms with Crippen LogP contribution in [0.2, 0.25) is 0 Å². The summed E-state index contributed by atoms with van der Waals surface area (Å²) < 4.78 is 5.02. The van der Waals surface area contributed by atoms with E-state index in [1.165, 1.54) is 0 Å². The fourth-order valence-corrected chi connectivity index (χ4v) is 3.90. The third-order valence-electron chi connectivity index (χ3n) is 5.76. The molecular weight excluding hydrogens is 334 g/mol. The molecule has 7 nitrogen and oxygen atoms in total. The molecule has 1 saturated heterocycles. The Morgan fingerprint density at radius 2 is 1.27 bits per heavy atom. The number of carbonyl (C=O) groups is 3. The highest BCUT2D eigenvalue weighted by Gasteiger charge is 2.33. The normalized spacial score (nSPS) is 26.9. The van der Waals surface area contributed by atoms with Crippen LogP contribution in [0.1, 0.15) is 58.3 Å². The topological polar surface area (TPSA) is 87.7 Å². The summed E-state index contributed by atoms with van der Waals surface area (Å²) in [6.07, 6.45) is 6.67. The lowest BCUT2D eigenvalue weighted by Crippen LogP contribution is -2.48. The molecule has 0 bridgehead atoms. The van der Waals surface area contributed by atoms with Crippen LogP contribution in [0.3, 0.4) is 0 Å². The molecule has 3 aliphatic rings. The Hall–Kier alpha value is -1.79. The van der Waals surface area contributed by atoms with Crippen molar-refractivity contribution in [1.82, 2.24) is 15.5 Å². The van der Waals surface area contributed by atoms with Gasteiger partial charge in [0.25, 0.3) is 0 Å². The molecule has 2 saturated carbocycles. The van der Waals surface area contributed by atoms with Gasteiger partial charge in [-0.3, -0.25) is 9.59 Å². The first-order chi connectivity index (χ1) is 12.6. The summed E-state index contributed by atoms with van der Waals surface area (Å²) in [5, 5.41) is 6.22. The molecule has 3 amide bonds. The number of nitrogens with one attached hydrogen (secondary N) is 2. The molecule has 0 unspecified atom stereocenters. The van der Waals surface area contributed by atoms with Gasteiger partial charge in [-0.1, -0.05) is 0 Å². The molecule has 2 N–H and O–H groups in total. The van der Waals surface area contributed by atoms with E-state index in [1.54, 1.807) is 11.8 Å². The maximum atomic E-state index is 12.5. The molecule has 0 atom stereocenters. The molecule has 0 aromatic carbocycles. The fraction of sp³-hybridized carbons (Fsp3) is 0.842. The van der Waals surface area contributed by atoms with Crippen LogP contribution in [0, 0.1) is 11.8 Å². The van der Waals surface area contributed by atoms with E-state index in [1.807, 2.05) is 0 Å². The summed E-state index contributed by atoms with van der Waals surface area (Å²) >= 11 is 0. The second-order valence-corrected chi connectivity index (χ2v) is 7.80. The second kappa shape index (κ2) is 8.73. The number of hydrogen-bond donors (Lipinski definition) is 2. The van der Waals surface area contributed by atoms with E-state index < -0.39 is 0 Å². The summed E-state index contributed by atoms with van der Waals surface area (Å²) in [6.45, 7) is 3.43. The lowest BCUT2D eigenvalue weighted by atomic mass is 9.81. The summed E-state index contributed by atoms with van der Waals surface area (Å²) in [4.78, 5) is 38.1. The van der Waals surface area contributed by atoms with Gasteiger partial charge in [0.05, 0.1) is 6.61 Å². The summed E-state index contributed by atoms with van der Waals surface area (Å²) in [5.74, 6) is 0.383. The molecule has 0 aromatic heterocycles. The van der Waals surface area contributed by atoms with Crippen LogP contribution in [-0.4, -0.2) is 54.6 Å². The van der Waals surface area contributed by atoms with Gasteiger partial charge in [0.15, 0.2) is 0 Å². The smallest absolute Gasteiger partial charge is 0.409 e. The number of hydrogen-bond acceptors (Lipinski definition) is 4. The van der Waals surface area contributed by atoms with Crippen molar-refractivity contribution < 1.29 is 19.1 Å². The molecule has 7 heteroatoms. The standard InChI is InChI=1S/C19H31N3O4/c1-2-26-19(25)22-11-9-16(10-12-22)21-18(24)14-5-3-13(4-6-14)17(23)20-15-7-8-15/h13-16H,2-12H2,1H3,(H,20,23)(H,21,24). The number of amides is 3. The molecule has 0 radical (unpaired) electrons. The maximum absolute atomic E-state index is 12.5. The Kier molecular flexibility index (Phi) is 6.38. The maximum Gasteiger partial charge on any atom is 0.409 e. The first-order valence-electron chi connectivity index (χ1n) is 10.1. The zero-order chi connectivity index (χ0) is 18.5. The van der Waals surface area contributed by atoms with Crippen molar-refractivity contribution in [2.24, 2.45) is 11.8 Å². The van der Waals surface area contributed by atoms with Crippen LogP contribution in [0.4, 0.5) is 4.79 Å². The zero-order valence-electron chi connectivity index (χ0n) is 15.7. The minimum absolute atomic E-state index is 0.0167. The van der Waals surface area contributed by atoms with Crippen LogP contribution in [0.5, 0.6) is 0 Å². The van der Waals surface area contributed by atoms with Crippen LogP contribution in [-0.2, 0) is 14.3 Å². The predicted molar refractivity (Wildman–Crippen MR) is 96.4 cm³/mol. The molecule has 3 fully saturated rings. The number of ether oxygens (including phenoxy) is 1. The van der Waals surface area contributed by atoms with Crippen molar-refractivity contribution in [3.05, 3.63) is 0 Å². The number of likely N-dealkylation sites (tertiary alicyclic amines) is 1. The van der Waals surface area contributed by atoms with Crippen LogP contribution >= 0.6 is 0 Å². The van der Waals surface area contributed by atoms with Gasteiger partial charge in [-0.15, -0.1) is 0 Å². The van der Waals surface area contributed by atoms with E-state index in [-0.39, 0.29) is 35.8 Å². The molecule has 1 heterocycles. The van der Waals surface area contributed by atoms with E-state index >= 15 is 0 Å². The fourth-order valence-electron chi connectivity index (χ4n) is 3.90. The molecule has 0 aromatic rings. The van der Waals surface area contributed by atoms with Gasteiger partial charge in [0, 0.05) is 37.0 Å².